The lowest BCUT2D eigenvalue weighted by atomic mass is 9.94. The summed E-state index contributed by atoms with van der Waals surface area (Å²) >= 11 is 0. The maximum atomic E-state index is 4.05. The topological polar surface area (TPSA) is 37.1 Å². The van der Waals surface area contributed by atoms with E-state index in [-0.39, 0.29) is 5.54 Å². The van der Waals surface area contributed by atoms with Gasteiger partial charge in [-0.3, -0.25) is 0 Å². The first-order valence-corrected chi connectivity index (χ1v) is 4.26. The summed E-state index contributed by atoms with van der Waals surface area (Å²) in [5.74, 6) is 0. The molecule has 0 aromatic heterocycles. The average Bonchev–Trinajstić information content (AvgIpc) is 2.47. The monoisotopic (exact) mass is 173 g/mol. The van der Waals surface area contributed by atoms with Crippen molar-refractivity contribution in [1.29, 1.82) is 0 Å². The van der Waals surface area contributed by atoms with E-state index in [1.807, 2.05) is 44.2 Å². The molecular weight excluding hydrogens is 162 g/mol. The minimum absolute atomic E-state index is 0.276. The lowest BCUT2D eigenvalue weighted by Gasteiger charge is -2.14. The number of benzene rings is 1. The van der Waals surface area contributed by atoms with Gasteiger partial charge in [0.1, 0.15) is 11.3 Å². The molecule has 13 heavy (non-hydrogen) atoms. The number of rotatable bonds is 1. The normalized spacial score (nSPS) is 18.8. The number of hydrogen-bond acceptors (Lipinski definition) is 3. The summed E-state index contributed by atoms with van der Waals surface area (Å²) in [6.07, 6.45) is 0. The van der Waals surface area contributed by atoms with Gasteiger partial charge in [0.05, 0.1) is 0 Å². The quantitative estimate of drug-likeness (QED) is 0.626. The Kier molecular flexibility index (Phi) is 1.72. The van der Waals surface area contributed by atoms with Gasteiger partial charge in [0.2, 0.25) is 0 Å². The standard InChI is InChI=1S/C10H11N3/c1-10(2)9(11-13-12-10)8-6-4-3-5-7-8/h3-7H,1-2H3. The van der Waals surface area contributed by atoms with Crippen molar-refractivity contribution in [2.75, 3.05) is 0 Å². The van der Waals surface area contributed by atoms with Crippen molar-refractivity contribution >= 4 is 5.71 Å². The Balaban J connectivity index is 2.40. The summed E-state index contributed by atoms with van der Waals surface area (Å²) < 4.78 is 0. The minimum atomic E-state index is -0.276. The van der Waals surface area contributed by atoms with Crippen LogP contribution in [0.25, 0.3) is 0 Å². The van der Waals surface area contributed by atoms with Crippen molar-refractivity contribution in [2.45, 2.75) is 19.4 Å². The summed E-state index contributed by atoms with van der Waals surface area (Å²) in [6, 6.07) is 10.0. The van der Waals surface area contributed by atoms with Crippen molar-refractivity contribution in [3.8, 4) is 0 Å². The fraction of sp³-hybridized carbons (Fsp3) is 0.300. The molecule has 3 nitrogen and oxygen atoms in total. The van der Waals surface area contributed by atoms with Gasteiger partial charge in [-0.2, -0.15) is 5.11 Å². The van der Waals surface area contributed by atoms with Gasteiger partial charge in [-0.1, -0.05) is 30.3 Å². The highest BCUT2D eigenvalue weighted by Crippen LogP contribution is 2.23. The molecule has 0 fully saturated rings. The van der Waals surface area contributed by atoms with Crippen LogP contribution in [-0.2, 0) is 0 Å². The van der Waals surface area contributed by atoms with Gasteiger partial charge in [-0.25, -0.2) is 0 Å². The van der Waals surface area contributed by atoms with Crippen LogP contribution in [0.1, 0.15) is 19.4 Å². The molecule has 0 saturated carbocycles. The Morgan fingerprint density at radius 2 is 1.77 bits per heavy atom. The molecular formula is C10H11N3. The van der Waals surface area contributed by atoms with Gasteiger partial charge < -0.3 is 0 Å². The van der Waals surface area contributed by atoms with Crippen LogP contribution in [0.4, 0.5) is 0 Å². The summed E-state index contributed by atoms with van der Waals surface area (Å²) in [4.78, 5) is 0. The molecule has 0 radical (unpaired) electrons. The first-order valence-electron chi connectivity index (χ1n) is 4.26. The summed E-state index contributed by atoms with van der Waals surface area (Å²) in [5, 5.41) is 11.8. The van der Waals surface area contributed by atoms with Crippen LogP contribution >= 0.6 is 0 Å². The van der Waals surface area contributed by atoms with E-state index in [1.54, 1.807) is 0 Å². The van der Waals surface area contributed by atoms with E-state index < -0.39 is 0 Å². The molecule has 0 aliphatic carbocycles. The second-order valence-corrected chi connectivity index (χ2v) is 3.56. The molecule has 66 valence electrons. The predicted octanol–water partition coefficient (Wildman–Crippen LogP) is 2.64. The highest BCUT2D eigenvalue weighted by molar-refractivity contribution is 6.07. The zero-order valence-electron chi connectivity index (χ0n) is 7.73. The largest absolute Gasteiger partial charge is 0.156 e. The van der Waals surface area contributed by atoms with Gasteiger partial charge >= 0.3 is 0 Å². The van der Waals surface area contributed by atoms with E-state index in [0.29, 0.717) is 0 Å². The molecule has 0 atom stereocenters. The van der Waals surface area contributed by atoms with Crippen molar-refractivity contribution < 1.29 is 0 Å². The third-order valence-electron chi connectivity index (χ3n) is 2.07. The lowest BCUT2D eigenvalue weighted by molar-refractivity contribution is 0.683. The van der Waals surface area contributed by atoms with Crippen LogP contribution < -0.4 is 0 Å². The maximum Gasteiger partial charge on any atom is 0.122 e. The van der Waals surface area contributed by atoms with Gasteiger partial charge in [0.25, 0.3) is 0 Å². The highest BCUT2D eigenvalue weighted by Gasteiger charge is 2.29. The average molecular weight is 173 g/mol. The van der Waals surface area contributed by atoms with Gasteiger partial charge in [-0.05, 0) is 19.1 Å². The van der Waals surface area contributed by atoms with Crippen LogP contribution in [0.3, 0.4) is 0 Å². The van der Waals surface area contributed by atoms with E-state index in [4.69, 9.17) is 0 Å². The molecule has 0 N–H and O–H groups in total. The molecule has 0 bridgehead atoms. The number of hydrogen-bond donors (Lipinski definition) is 0. The van der Waals surface area contributed by atoms with E-state index >= 15 is 0 Å². The molecule has 3 heteroatoms. The van der Waals surface area contributed by atoms with Crippen LogP contribution in [-0.4, -0.2) is 11.3 Å². The predicted molar refractivity (Wildman–Crippen MR) is 51.9 cm³/mol. The third-order valence-corrected chi connectivity index (χ3v) is 2.07. The summed E-state index contributed by atoms with van der Waals surface area (Å²) in [6.45, 7) is 4.02. The highest BCUT2D eigenvalue weighted by atomic mass is 15.4. The van der Waals surface area contributed by atoms with E-state index in [0.717, 1.165) is 11.3 Å². The fourth-order valence-corrected chi connectivity index (χ4v) is 1.36. The molecule has 0 unspecified atom stereocenters. The van der Waals surface area contributed by atoms with Crippen LogP contribution in [0.15, 0.2) is 45.8 Å². The first-order chi connectivity index (χ1) is 6.20. The van der Waals surface area contributed by atoms with Crippen LogP contribution in [0.2, 0.25) is 0 Å². The lowest BCUT2D eigenvalue weighted by Crippen LogP contribution is -2.27. The zero-order chi connectivity index (χ0) is 9.31. The molecule has 0 spiro atoms. The Bertz CT molecular complexity index is 363. The Morgan fingerprint density at radius 1 is 1.08 bits per heavy atom. The van der Waals surface area contributed by atoms with Crippen molar-refractivity contribution in [3.63, 3.8) is 0 Å². The van der Waals surface area contributed by atoms with Gasteiger partial charge in [-0.15, -0.1) is 5.10 Å². The SMILES string of the molecule is CC1(C)N=NN=C1c1ccccc1. The number of nitrogens with zero attached hydrogens (tertiary/aromatic N) is 3. The molecule has 1 aromatic rings. The molecule has 1 aliphatic rings. The van der Waals surface area contributed by atoms with E-state index in [2.05, 4.69) is 15.4 Å². The van der Waals surface area contributed by atoms with Crippen LogP contribution in [0, 0.1) is 0 Å². The van der Waals surface area contributed by atoms with Crippen molar-refractivity contribution in [2.24, 2.45) is 15.4 Å². The second kappa shape index (κ2) is 2.76. The fourth-order valence-electron chi connectivity index (χ4n) is 1.36. The molecule has 1 aliphatic heterocycles. The maximum absolute atomic E-state index is 4.05. The van der Waals surface area contributed by atoms with Crippen molar-refractivity contribution in [1.82, 2.24) is 0 Å². The summed E-state index contributed by atoms with van der Waals surface area (Å²) in [5.41, 5.74) is 1.76. The Hall–Kier alpha value is -1.51. The van der Waals surface area contributed by atoms with Gasteiger partial charge in [0.15, 0.2) is 0 Å². The van der Waals surface area contributed by atoms with E-state index in [9.17, 15) is 0 Å². The summed E-state index contributed by atoms with van der Waals surface area (Å²) in [7, 11) is 0. The van der Waals surface area contributed by atoms with E-state index in [1.165, 1.54) is 0 Å². The molecule has 0 saturated heterocycles. The zero-order valence-corrected chi connectivity index (χ0v) is 7.73. The molecule has 1 aromatic carbocycles. The third kappa shape index (κ3) is 1.37. The van der Waals surface area contributed by atoms with Crippen LogP contribution in [0.5, 0.6) is 0 Å². The van der Waals surface area contributed by atoms with Crippen molar-refractivity contribution in [3.05, 3.63) is 35.9 Å². The Labute approximate surface area is 77.2 Å². The smallest absolute Gasteiger partial charge is 0.122 e. The second-order valence-electron chi connectivity index (χ2n) is 3.56. The van der Waals surface area contributed by atoms with Gasteiger partial charge in [0, 0.05) is 5.56 Å². The first kappa shape index (κ1) is 8.10. The minimum Gasteiger partial charge on any atom is -0.156 e. The molecule has 1 heterocycles. The Morgan fingerprint density at radius 3 is 2.31 bits per heavy atom. The molecule has 0 amide bonds. The molecule has 2 rings (SSSR count).